The molecule has 0 fully saturated rings. The minimum absolute atomic E-state index is 0.0796. The van der Waals surface area contributed by atoms with E-state index >= 15 is 0 Å². The van der Waals surface area contributed by atoms with E-state index in [1.807, 2.05) is 6.92 Å². The van der Waals surface area contributed by atoms with Crippen molar-refractivity contribution in [3.05, 3.63) is 11.6 Å². The largest absolute Gasteiger partial charge is 0.403 e. The Morgan fingerprint density at radius 2 is 1.79 bits per heavy atom. The zero-order chi connectivity index (χ0) is 19.1. The second-order valence-electron chi connectivity index (χ2n) is 8.14. The van der Waals surface area contributed by atoms with Crippen LogP contribution in [0.2, 0.25) is 18.1 Å². The maximum atomic E-state index is 6.63. The summed E-state index contributed by atoms with van der Waals surface area (Å²) in [6, 6.07) is 0. The molecule has 140 valence electrons. The van der Waals surface area contributed by atoms with Crippen LogP contribution < -0.4 is 0 Å². The summed E-state index contributed by atoms with van der Waals surface area (Å²) in [5.41, 5.74) is 1.33. The molecule has 0 aliphatic heterocycles. The molecule has 2 nitrogen and oxygen atoms in total. The molecule has 0 heterocycles. The van der Waals surface area contributed by atoms with Gasteiger partial charge < -0.3 is 9.16 Å². The zero-order valence-corrected chi connectivity index (χ0v) is 19.9. The highest BCUT2D eigenvalue weighted by Gasteiger charge is 2.41. The summed E-state index contributed by atoms with van der Waals surface area (Å²) >= 11 is 3.48. The van der Waals surface area contributed by atoms with Gasteiger partial charge in [-0.05, 0) is 32.0 Å². The molecule has 4 heteroatoms. The van der Waals surface area contributed by atoms with Crippen LogP contribution in [0.1, 0.15) is 48.5 Å². The van der Waals surface area contributed by atoms with Crippen LogP contribution in [-0.4, -0.2) is 33.0 Å². The SMILES string of the molecule is CC#CC(O[Si](C)(C)C(C)(C)C)C(C)[C@@H](OC)[C@H](C)/C(C)=C/CBr. The van der Waals surface area contributed by atoms with Crippen LogP contribution in [0, 0.1) is 23.7 Å². The Kier molecular flexibility index (Phi) is 10.1. The van der Waals surface area contributed by atoms with Crippen molar-refractivity contribution in [3.8, 4) is 11.8 Å². The minimum atomic E-state index is -1.88. The highest BCUT2D eigenvalue weighted by molar-refractivity contribution is 9.09. The van der Waals surface area contributed by atoms with E-state index in [-0.39, 0.29) is 23.2 Å². The van der Waals surface area contributed by atoms with Crippen molar-refractivity contribution < 1.29 is 9.16 Å². The van der Waals surface area contributed by atoms with Crippen LogP contribution in [0.25, 0.3) is 0 Å². The number of rotatable bonds is 8. The average molecular weight is 418 g/mol. The van der Waals surface area contributed by atoms with Gasteiger partial charge in [0.1, 0.15) is 6.10 Å². The topological polar surface area (TPSA) is 18.5 Å². The van der Waals surface area contributed by atoms with Gasteiger partial charge in [0.25, 0.3) is 0 Å². The summed E-state index contributed by atoms with van der Waals surface area (Å²) in [6.45, 7) is 19.8. The van der Waals surface area contributed by atoms with Crippen molar-refractivity contribution in [2.24, 2.45) is 11.8 Å². The van der Waals surface area contributed by atoms with E-state index in [1.54, 1.807) is 7.11 Å². The van der Waals surface area contributed by atoms with E-state index in [1.165, 1.54) is 5.57 Å². The van der Waals surface area contributed by atoms with Gasteiger partial charge in [0.15, 0.2) is 8.32 Å². The molecule has 0 aromatic rings. The van der Waals surface area contributed by atoms with Crippen molar-refractivity contribution in [2.75, 3.05) is 12.4 Å². The van der Waals surface area contributed by atoms with Gasteiger partial charge in [-0.2, -0.15) is 0 Å². The summed E-state index contributed by atoms with van der Waals surface area (Å²) in [7, 11) is -0.0904. The Labute approximate surface area is 160 Å². The number of halogens is 1. The molecule has 0 aliphatic carbocycles. The fourth-order valence-corrected chi connectivity index (χ4v) is 4.29. The Morgan fingerprint density at radius 1 is 1.25 bits per heavy atom. The van der Waals surface area contributed by atoms with Crippen LogP contribution in [-0.2, 0) is 9.16 Å². The fourth-order valence-electron chi connectivity index (χ4n) is 2.52. The quantitative estimate of drug-likeness (QED) is 0.208. The molecule has 0 amide bonds. The lowest BCUT2D eigenvalue weighted by atomic mass is 9.85. The van der Waals surface area contributed by atoms with Crippen molar-refractivity contribution in [2.45, 2.75) is 78.8 Å². The molecule has 0 saturated heterocycles. The summed E-state index contributed by atoms with van der Waals surface area (Å²) in [5.74, 6) is 6.89. The molecule has 0 aromatic heterocycles. The number of allylic oxidation sites excluding steroid dienone is 1. The van der Waals surface area contributed by atoms with E-state index in [0.717, 1.165) is 5.33 Å². The van der Waals surface area contributed by atoms with Crippen LogP contribution in [0.4, 0.5) is 0 Å². The highest BCUT2D eigenvalue weighted by atomic mass is 79.9. The van der Waals surface area contributed by atoms with Crippen molar-refractivity contribution in [1.29, 1.82) is 0 Å². The van der Waals surface area contributed by atoms with Crippen LogP contribution in [0.3, 0.4) is 0 Å². The third-order valence-corrected chi connectivity index (χ3v) is 10.2. The molecule has 0 bridgehead atoms. The third-order valence-electron chi connectivity index (χ3n) is 5.39. The first kappa shape index (κ1) is 23.9. The van der Waals surface area contributed by atoms with Gasteiger partial charge in [0, 0.05) is 24.3 Å². The lowest BCUT2D eigenvalue weighted by molar-refractivity contribution is -0.00588. The van der Waals surface area contributed by atoms with Gasteiger partial charge in [-0.1, -0.05) is 68.1 Å². The molecule has 0 spiro atoms. The molecule has 0 aliphatic rings. The van der Waals surface area contributed by atoms with Gasteiger partial charge >= 0.3 is 0 Å². The van der Waals surface area contributed by atoms with E-state index in [2.05, 4.69) is 88.5 Å². The molecular formula is C20H37BrO2Si. The maximum Gasteiger partial charge on any atom is 0.193 e. The smallest absolute Gasteiger partial charge is 0.193 e. The number of methoxy groups -OCH3 is 1. The number of ether oxygens (including phenoxy) is 1. The Hall–Kier alpha value is -0.0831. The maximum absolute atomic E-state index is 6.63. The molecule has 24 heavy (non-hydrogen) atoms. The van der Waals surface area contributed by atoms with Gasteiger partial charge in [0.05, 0.1) is 6.10 Å². The fraction of sp³-hybridized carbons (Fsp3) is 0.800. The first-order chi connectivity index (χ1) is 10.9. The van der Waals surface area contributed by atoms with E-state index in [0.29, 0.717) is 5.92 Å². The Bertz CT molecular complexity index is 468. The highest BCUT2D eigenvalue weighted by Crippen LogP contribution is 2.39. The summed E-state index contributed by atoms with van der Waals surface area (Å²) in [5, 5.41) is 1.03. The Balaban J connectivity index is 5.49. The Morgan fingerprint density at radius 3 is 2.17 bits per heavy atom. The lowest BCUT2D eigenvalue weighted by Crippen LogP contribution is -2.47. The molecule has 0 rings (SSSR count). The van der Waals surface area contributed by atoms with E-state index in [9.17, 15) is 0 Å². The van der Waals surface area contributed by atoms with Crippen LogP contribution >= 0.6 is 15.9 Å². The third kappa shape index (κ3) is 6.67. The molecular weight excluding hydrogens is 380 g/mol. The van der Waals surface area contributed by atoms with Gasteiger partial charge in [-0.15, -0.1) is 5.92 Å². The van der Waals surface area contributed by atoms with Crippen LogP contribution in [0.5, 0.6) is 0 Å². The standard InChI is InChI=1S/C20H37BrO2Si/c1-11-12-18(23-24(9,10)20(5,6)7)17(4)19(22-8)16(3)15(2)13-14-21/h13,16-19H,14H2,1-10H3/b15-13+/t16-,17?,18?,19+/m1/s1. The van der Waals surface area contributed by atoms with Gasteiger partial charge in [-0.3, -0.25) is 0 Å². The monoisotopic (exact) mass is 416 g/mol. The molecule has 0 radical (unpaired) electrons. The molecule has 0 N–H and O–H groups in total. The first-order valence-electron chi connectivity index (χ1n) is 8.78. The molecule has 2 unspecified atom stereocenters. The summed E-state index contributed by atoms with van der Waals surface area (Å²) < 4.78 is 12.5. The average Bonchev–Trinajstić information content (AvgIpc) is 2.46. The van der Waals surface area contributed by atoms with E-state index in [4.69, 9.17) is 9.16 Å². The summed E-state index contributed by atoms with van der Waals surface area (Å²) in [6.07, 6.45) is 2.19. The van der Waals surface area contributed by atoms with Crippen molar-refractivity contribution in [1.82, 2.24) is 0 Å². The van der Waals surface area contributed by atoms with Crippen molar-refractivity contribution >= 4 is 24.2 Å². The lowest BCUT2D eigenvalue weighted by Gasteiger charge is -2.41. The predicted molar refractivity (Wildman–Crippen MR) is 112 cm³/mol. The predicted octanol–water partition coefficient (Wildman–Crippen LogP) is 6.03. The second-order valence-corrected chi connectivity index (χ2v) is 13.5. The zero-order valence-electron chi connectivity index (χ0n) is 17.3. The number of hydrogen-bond donors (Lipinski definition) is 0. The summed E-state index contributed by atoms with van der Waals surface area (Å²) in [4.78, 5) is 0. The molecule has 0 saturated carbocycles. The first-order valence-corrected chi connectivity index (χ1v) is 12.8. The number of hydrogen-bond acceptors (Lipinski definition) is 2. The van der Waals surface area contributed by atoms with Gasteiger partial charge in [-0.25, -0.2) is 0 Å². The van der Waals surface area contributed by atoms with Gasteiger partial charge in [0.2, 0.25) is 0 Å². The minimum Gasteiger partial charge on any atom is -0.403 e. The molecule has 4 atom stereocenters. The van der Waals surface area contributed by atoms with E-state index < -0.39 is 8.32 Å². The van der Waals surface area contributed by atoms with Crippen molar-refractivity contribution in [3.63, 3.8) is 0 Å². The normalized spacial score (nSPS) is 18.4. The van der Waals surface area contributed by atoms with Crippen LogP contribution in [0.15, 0.2) is 11.6 Å². The molecule has 0 aromatic carbocycles. The number of alkyl halides is 1. The second kappa shape index (κ2) is 10.2.